The second-order valence-electron chi connectivity index (χ2n) is 13.1. The predicted molar refractivity (Wildman–Crippen MR) is 171 cm³/mol. The molecule has 40 heavy (non-hydrogen) atoms. The predicted octanol–water partition coefficient (Wildman–Crippen LogP) is 10.1. The summed E-state index contributed by atoms with van der Waals surface area (Å²) in [6.07, 6.45) is 1.84. The number of aromatic amines is 1. The maximum absolute atomic E-state index is 4.57. The Bertz CT molecular complexity index is 2000. The van der Waals surface area contributed by atoms with Gasteiger partial charge in [-0.05, 0) is 76.1 Å². The summed E-state index contributed by atoms with van der Waals surface area (Å²) in [5.41, 5.74) is 10.9. The van der Waals surface area contributed by atoms with Crippen molar-refractivity contribution in [3.63, 3.8) is 0 Å². The third-order valence-corrected chi connectivity index (χ3v) is 8.32. The number of aromatic nitrogens is 3. The Hall–Kier alpha value is -4.37. The first kappa shape index (κ1) is 24.7. The normalized spacial score (nSPS) is 12.8. The minimum absolute atomic E-state index is 0.0806. The molecule has 0 unspecified atom stereocenters. The van der Waals surface area contributed by atoms with Crippen LogP contribution < -0.4 is 0 Å². The van der Waals surface area contributed by atoms with E-state index in [1.165, 1.54) is 49.4 Å². The topological polar surface area (TPSA) is 33.6 Å². The first-order valence-electron chi connectivity index (χ1n) is 14.1. The number of nitrogens with one attached hydrogen (secondary N) is 1. The molecule has 0 radical (unpaired) electrons. The third kappa shape index (κ3) is 3.83. The van der Waals surface area contributed by atoms with Gasteiger partial charge in [-0.25, -0.2) is 4.98 Å². The minimum Gasteiger partial charge on any atom is -0.339 e. The molecule has 0 bridgehead atoms. The maximum atomic E-state index is 4.57. The third-order valence-electron chi connectivity index (χ3n) is 8.32. The van der Waals surface area contributed by atoms with E-state index >= 15 is 0 Å². The number of rotatable bonds is 2. The first-order chi connectivity index (χ1) is 19.1. The average molecular weight is 522 g/mol. The van der Waals surface area contributed by atoms with Crippen LogP contribution in [0.25, 0.3) is 60.6 Å². The molecule has 0 aliphatic carbocycles. The van der Waals surface area contributed by atoms with Crippen molar-refractivity contribution in [2.24, 2.45) is 0 Å². The fraction of sp³-hybridized carbons (Fsp3) is 0.216. The summed E-state index contributed by atoms with van der Waals surface area (Å²) in [7, 11) is 0. The molecule has 1 N–H and O–H groups in total. The smallest absolute Gasteiger partial charge is 0.138 e. The van der Waals surface area contributed by atoms with E-state index in [0.29, 0.717) is 0 Å². The largest absolute Gasteiger partial charge is 0.339 e. The van der Waals surface area contributed by atoms with Crippen molar-refractivity contribution in [1.82, 2.24) is 14.5 Å². The van der Waals surface area contributed by atoms with Crippen LogP contribution in [0.15, 0.2) is 97.2 Å². The van der Waals surface area contributed by atoms with Crippen LogP contribution in [0.2, 0.25) is 0 Å². The van der Waals surface area contributed by atoms with Crippen LogP contribution in [0.4, 0.5) is 0 Å². The summed E-state index contributed by atoms with van der Waals surface area (Å²) >= 11 is 0. The number of para-hydroxylation sites is 1. The van der Waals surface area contributed by atoms with Gasteiger partial charge in [-0.3, -0.25) is 0 Å². The Balaban J connectivity index is 1.49. The van der Waals surface area contributed by atoms with Gasteiger partial charge >= 0.3 is 0 Å². The van der Waals surface area contributed by atoms with E-state index in [2.05, 4.69) is 141 Å². The zero-order valence-corrected chi connectivity index (χ0v) is 24.1. The van der Waals surface area contributed by atoms with Crippen LogP contribution in [-0.2, 0) is 10.8 Å². The molecule has 198 valence electrons. The number of hydrogen-bond acceptors (Lipinski definition) is 1. The van der Waals surface area contributed by atoms with E-state index in [1.807, 2.05) is 12.3 Å². The molecular weight excluding hydrogens is 486 g/mol. The second-order valence-corrected chi connectivity index (χ2v) is 13.1. The van der Waals surface area contributed by atoms with E-state index in [0.717, 1.165) is 22.2 Å². The monoisotopic (exact) mass is 521 g/mol. The fourth-order valence-corrected chi connectivity index (χ4v) is 6.04. The highest BCUT2D eigenvalue weighted by molar-refractivity contribution is 6.12. The number of benzene rings is 4. The molecule has 0 atom stereocenters. The van der Waals surface area contributed by atoms with Gasteiger partial charge in [0.25, 0.3) is 0 Å². The average Bonchev–Trinajstić information content (AvgIpc) is 3.47. The summed E-state index contributed by atoms with van der Waals surface area (Å²) in [4.78, 5) is 8.15. The molecule has 0 aliphatic heterocycles. The van der Waals surface area contributed by atoms with Crippen molar-refractivity contribution >= 4 is 43.7 Å². The van der Waals surface area contributed by atoms with Gasteiger partial charge in [0.1, 0.15) is 5.65 Å². The quantitative estimate of drug-likeness (QED) is 0.241. The van der Waals surface area contributed by atoms with E-state index in [1.54, 1.807) is 0 Å². The Morgan fingerprint density at radius 2 is 1.23 bits per heavy atom. The van der Waals surface area contributed by atoms with Gasteiger partial charge in [0.05, 0.1) is 16.6 Å². The van der Waals surface area contributed by atoms with Gasteiger partial charge in [-0.15, -0.1) is 0 Å². The Labute approximate surface area is 235 Å². The van der Waals surface area contributed by atoms with Crippen molar-refractivity contribution < 1.29 is 0 Å². The SMILES string of the molecule is CC(C)(C)c1ccc2c(c1)c1cc(C(C)(C)C)ccc1n2-c1cccc(-c2cccc3c2[nH]c2ncccc23)c1. The van der Waals surface area contributed by atoms with E-state index in [9.17, 15) is 0 Å². The van der Waals surface area contributed by atoms with E-state index in [-0.39, 0.29) is 10.8 Å². The van der Waals surface area contributed by atoms with Gasteiger partial charge < -0.3 is 9.55 Å². The molecule has 0 spiro atoms. The van der Waals surface area contributed by atoms with Gasteiger partial charge in [-0.2, -0.15) is 0 Å². The van der Waals surface area contributed by atoms with Crippen molar-refractivity contribution in [1.29, 1.82) is 0 Å². The number of hydrogen-bond donors (Lipinski definition) is 1. The molecule has 3 nitrogen and oxygen atoms in total. The van der Waals surface area contributed by atoms with Crippen LogP contribution >= 0.6 is 0 Å². The summed E-state index contributed by atoms with van der Waals surface area (Å²) in [6, 6.07) is 33.6. The molecule has 3 heterocycles. The van der Waals surface area contributed by atoms with Gasteiger partial charge in [0.15, 0.2) is 0 Å². The molecule has 4 aromatic carbocycles. The van der Waals surface area contributed by atoms with Crippen LogP contribution in [0.5, 0.6) is 0 Å². The van der Waals surface area contributed by atoms with Crippen LogP contribution in [0.1, 0.15) is 52.7 Å². The summed E-state index contributed by atoms with van der Waals surface area (Å²) in [6.45, 7) is 13.7. The number of fused-ring (bicyclic) bond motifs is 6. The van der Waals surface area contributed by atoms with Crippen LogP contribution in [0, 0.1) is 0 Å². The Kier molecular flexibility index (Phi) is 5.28. The highest BCUT2D eigenvalue weighted by atomic mass is 15.0. The fourth-order valence-electron chi connectivity index (χ4n) is 6.04. The maximum Gasteiger partial charge on any atom is 0.138 e. The molecule has 0 saturated carbocycles. The van der Waals surface area contributed by atoms with Crippen molar-refractivity contribution in [3.05, 3.63) is 108 Å². The summed E-state index contributed by atoms with van der Waals surface area (Å²) in [5.74, 6) is 0. The standard InChI is InChI=1S/C37H35N3/c1-36(2,3)24-15-17-32-30(21-24)31-22-25(37(4,5)6)16-18-33(31)40(32)26-11-7-10-23(20-26)27-12-8-13-28-29-14-9-19-38-35(29)39-34(27)28/h7-22H,1-6H3,(H,38,39). The highest BCUT2D eigenvalue weighted by Gasteiger charge is 2.21. The lowest BCUT2D eigenvalue weighted by Crippen LogP contribution is -2.10. The number of pyridine rings is 1. The van der Waals surface area contributed by atoms with Crippen molar-refractivity contribution in [2.45, 2.75) is 52.4 Å². The van der Waals surface area contributed by atoms with E-state index < -0.39 is 0 Å². The van der Waals surface area contributed by atoms with E-state index in [4.69, 9.17) is 0 Å². The molecule has 3 heteroatoms. The lowest BCUT2D eigenvalue weighted by atomic mass is 9.85. The van der Waals surface area contributed by atoms with Gasteiger partial charge in [0, 0.05) is 39.0 Å². The zero-order valence-electron chi connectivity index (χ0n) is 24.1. The molecule has 7 aromatic rings. The van der Waals surface area contributed by atoms with Crippen LogP contribution in [0.3, 0.4) is 0 Å². The zero-order chi connectivity index (χ0) is 27.8. The summed E-state index contributed by atoms with van der Waals surface area (Å²) < 4.78 is 2.43. The first-order valence-corrected chi connectivity index (χ1v) is 14.1. The Morgan fingerprint density at radius 1 is 0.600 bits per heavy atom. The molecule has 0 saturated heterocycles. The Morgan fingerprint density at radius 3 is 1.88 bits per heavy atom. The molecular formula is C37H35N3. The van der Waals surface area contributed by atoms with Crippen molar-refractivity contribution in [3.8, 4) is 16.8 Å². The summed E-state index contributed by atoms with van der Waals surface area (Å²) in [5, 5.41) is 4.97. The lowest BCUT2D eigenvalue weighted by Gasteiger charge is -2.19. The molecule has 7 rings (SSSR count). The lowest BCUT2D eigenvalue weighted by molar-refractivity contribution is 0.590. The molecule has 0 amide bonds. The minimum atomic E-state index is 0.0806. The number of nitrogens with zero attached hydrogens (tertiary/aromatic N) is 2. The molecule has 0 aliphatic rings. The van der Waals surface area contributed by atoms with Crippen molar-refractivity contribution in [2.75, 3.05) is 0 Å². The molecule has 3 aromatic heterocycles. The second kappa shape index (κ2) is 8.56. The number of H-pyrrole nitrogens is 1. The molecule has 0 fully saturated rings. The van der Waals surface area contributed by atoms with Gasteiger partial charge in [-0.1, -0.05) is 84.0 Å². The highest BCUT2D eigenvalue weighted by Crippen LogP contribution is 2.39. The van der Waals surface area contributed by atoms with Crippen LogP contribution in [-0.4, -0.2) is 14.5 Å². The van der Waals surface area contributed by atoms with Gasteiger partial charge in [0.2, 0.25) is 0 Å².